The third kappa shape index (κ3) is 2.85. The van der Waals surface area contributed by atoms with Gasteiger partial charge in [-0.3, -0.25) is 4.79 Å². The van der Waals surface area contributed by atoms with Crippen molar-refractivity contribution in [3.05, 3.63) is 23.5 Å². The van der Waals surface area contributed by atoms with Gasteiger partial charge in [-0.05, 0) is 37.8 Å². The summed E-state index contributed by atoms with van der Waals surface area (Å²) in [5, 5.41) is 9.57. The number of amides is 1. The number of carbonyl (C=O) groups is 1. The highest BCUT2D eigenvalue weighted by Crippen LogP contribution is 2.30. The largest absolute Gasteiger partial charge is 0.398 e. The van der Waals surface area contributed by atoms with E-state index in [9.17, 15) is 14.3 Å². The van der Waals surface area contributed by atoms with Gasteiger partial charge in [-0.2, -0.15) is 0 Å². The van der Waals surface area contributed by atoms with E-state index in [4.69, 9.17) is 11.5 Å². The van der Waals surface area contributed by atoms with Gasteiger partial charge in [0, 0.05) is 18.8 Å². The molecule has 5 N–H and O–H groups in total. The van der Waals surface area contributed by atoms with Crippen LogP contribution in [0.4, 0.5) is 15.8 Å². The first-order valence-corrected chi connectivity index (χ1v) is 6.72. The highest BCUT2D eigenvalue weighted by Gasteiger charge is 2.25. The number of primary amides is 1. The molecule has 0 spiro atoms. The van der Waals surface area contributed by atoms with Gasteiger partial charge >= 0.3 is 0 Å². The Kier molecular flexibility index (Phi) is 4.13. The van der Waals surface area contributed by atoms with E-state index in [0.717, 1.165) is 18.9 Å². The molecule has 6 heteroatoms. The normalized spacial score (nSPS) is 18.1. The maximum Gasteiger partial charge on any atom is 0.250 e. The third-order valence-electron chi connectivity index (χ3n) is 3.95. The van der Waals surface area contributed by atoms with Gasteiger partial charge in [0.15, 0.2) is 0 Å². The summed E-state index contributed by atoms with van der Waals surface area (Å²) in [6, 6.07) is 2.55. The molecule has 0 aliphatic carbocycles. The monoisotopic (exact) mass is 281 g/mol. The Morgan fingerprint density at radius 3 is 2.55 bits per heavy atom. The molecule has 0 radical (unpaired) electrons. The van der Waals surface area contributed by atoms with Crippen molar-refractivity contribution < 1.29 is 14.3 Å². The zero-order valence-electron chi connectivity index (χ0n) is 11.5. The van der Waals surface area contributed by atoms with Crippen molar-refractivity contribution in [2.45, 2.75) is 25.9 Å². The number of nitrogens with two attached hydrogens (primary N) is 2. The number of carbonyl (C=O) groups excluding carboxylic acids is 1. The highest BCUT2D eigenvalue weighted by atomic mass is 19.1. The van der Waals surface area contributed by atoms with Gasteiger partial charge in [0.25, 0.3) is 5.91 Å². The van der Waals surface area contributed by atoms with Gasteiger partial charge in [0.2, 0.25) is 0 Å². The van der Waals surface area contributed by atoms with Crippen molar-refractivity contribution >= 4 is 17.3 Å². The number of benzene rings is 1. The summed E-state index contributed by atoms with van der Waals surface area (Å²) in [5.41, 5.74) is 11.4. The molecule has 0 bridgehead atoms. The van der Waals surface area contributed by atoms with Crippen LogP contribution in [0.5, 0.6) is 0 Å². The number of rotatable bonds is 3. The Morgan fingerprint density at radius 2 is 2.05 bits per heavy atom. The fourth-order valence-corrected chi connectivity index (χ4v) is 2.66. The van der Waals surface area contributed by atoms with Crippen LogP contribution in [0, 0.1) is 11.7 Å². The standard InChI is InChI=1S/C14H20FN3O2/c1-8(19)9-2-4-18(5-3-9)13-6-10(14(17)20)12(16)7-11(13)15/h6-9,19H,2-5,16H2,1H3,(H2,17,20). The second-order valence-electron chi connectivity index (χ2n) is 5.32. The van der Waals surface area contributed by atoms with Gasteiger partial charge in [-0.1, -0.05) is 0 Å². The van der Waals surface area contributed by atoms with E-state index in [0.29, 0.717) is 18.8 Å². The lowest BCUT2D eigenvalue weighted by Gasteiger charge is -2.35. The zero-order valence-corrected chi connectivity index (χ0v) is 11.5. The number of hydrogen-bond acceptors (Lipinski definition) is 4. The first kappa shape index (κ1) is 14.6. The van der Waals surface area contributed by atoms with Crippen molar-refractivity contribution in [1.29, 1.82) is 0 Å². The van der Waals surface area contributed by atoms with Crippen LogP contribution in [0.3, 0.4) is 0 Å². The average Bonchev–Trinajstić information content (AvgIpc) is 2.38. The molecule has 110 valence electrons. The summed E-state index contributed by atoms with van der Waals surface area (Å²) >= 11 is 0. The SMILES string of the molecule is CC(O)C1CCN(c2cc(C(N)=O)c(N)cc2F)CC1. The van der Waals surface area contributed by atoms with Crippen molar-refractivity contribution in [2.75, 3.05) is 23.7 Å². The third-order valence-corrected chi connectivity index (χ3v) is 3.95. The van der Waals surface area contributed by atoms with Gasteiger partial charge in [0.1, 0.15) is 5.82 Å². The summed E-state index contributed by atoms with van der Waals surface area (Å²) in [4.78, 5) is 13.1. The molecule has 0 saturated carbocycles. The smallest absolute Gasteiger partial charge is 0.250 e. The Balaban J connectivity index is 2.21. The summed E-state index contributed by atoms with van der Waals surface area (Å²) < 4.78 is 14.0. The number of anilines is 2. The number of aliphatic hydroxyl groups excluding tert-OH is 1. The Bertz CT molecular complexity index is 511. The number of aliphatic hydroxyl groups is 1. The summed E-state index contributed by atoms with van der Waals surface area (Å²) in [6.45, 7) is 3.04. The van der Waals surface area contributed by atoms with Crippen LogP contribution >= 0.6 is 0 Å². The molecule has 1 fully saturated rings. The molecule has 2 rings (SSSR count). The van der Waals surface area contributed by atoms with E-state index in [2.05, 4.69) is 0 Å². The average molecular weight is 281 g/mol. The number of halogens is 1. The van der Waals surface area contributed by atoms with E-state index in [1.807, 2.05) is 4.90 Å². The second kappa shape index (κ2) is 5.66. The summed E-state index contributed by atoms with van der Waals surface area (Å²) in [6.07, 6.45) is 1.22. The molecule has 1 amide bonds. The molecule has 1 aromatic carbocycles. The lowest BCUT2D eigenvalue weighted by molar-refractivity contribution is 0.100. The van der Waals surface area contributed by atoms with Gasteiger partial charge < -0.3 is 21.5 Å². The molecular weight excluding hydrogens is 261 g/mol. The molecule has 1 aliphatic heterocycles. The molecule has 1 aromatic rings. The van der Waals surface area contributed by atoms with Crippen LogP contribution in [0.2, 0.25) is 0 Å². The number of nitrogens with zero attached hydrogens (tertiary/aromatic N) is 1. The minimum atomic E-state index is -0.664. The molecule has 5 nitrogen and oxygen atoms in total. The molecule has 1 saturated heterocycles. The van der Waals surface area contributed by atoms with Gasteiger partial charge in [-0.15, -0.1) is 0 Å². The molecular formula is C14H20FN3O2. The van der Waals surface area contributed by atoms with Crippen molar-refractivity contribution in [2.24, 2.45) is 11.7 Å². The number of nitrogen functional groups attached to an aromatic ring is 1. The van der Waals surface area contributed by atoms with Crippen LogP contribution in [-0.2, 0) is 0 Å². The number of hydrogen-bond donors (Lipinski definition) is 3. The van der Waals surface area contributed by atoms with Crippen LogP contribution in [0.25, 0.3) is 0 Å². The Hall–Kier alpha value is -1.82. The van der Waals surface area contributed by atoms with E-state index >= 15 is 0 Å². The first-order chi connectivity index (χ1) is 9.40. The molecule has 20 heavy (non-hydrogen) atoms. The molecule has 1 atom stereocenters. The van der Waals surface area contributed by atoms with E-state index < -0.39 is 11.7 Å². The zero-order chi connectivity index (χ0) is 14.9. The lowest BCUT2D eigenvalue weighted by Crippen LogP contribution is -2.37. The maximum atomic E-state index is 14.0. The molecule has 0 aromatic heterocycles. The van der Waals surface area contributed by atoms with Crippen molar-refractivity contribution in [3.63, 3.8) is 0 Å². The van der Waals surface area contributed by atoms with Crippen molar-refractivity contribution in [1.82, 2.24) is 0 Å². The predicted octanol–water partition coefficient (Wildman–Crippen LogP) is 1.10. The van der Waals surface area contributed by atoms with Gasteiger partial charge in [-0.25, -0.2) is 4.39 Å². The minimum Gasteiger partial charge on any atom is -0.398 e. The topological polar surface area (TPSA) is 92.6 Å². The quantitative estimate of drug-likeness (QED) is 0.723. The fourth-order valence-electron chi connectivity index (χ4n) is 2.66. The predicted molar refractivity (Wildman–Crippen MR) is 75.9 cm³/mol. The second-order valence-corrected chi connectivity index (χ2v) is 5.32. The van der Waals surface area contributed by atoms with Crippen LogP contribution in [0.15, 0.2) is 12.1 Å². The van der Waals surface area contributed by atoms with Crippen LogP contribution in [0.1, 0.15) is 30.1 Å². The van der Waals surface area contributed by atoms with Crippen LogP contribution < -0.4 is 16.4 Å². The summed E-state index contributed by atoms with van der Waals surface area (Å²) in [7, 11) is 0. The van der Waals surface area contributed by atoms with E-state index in [-0.39, 0.29) is 23.3 Å². The molecule has 1 unspecified atom stereocenters. The fraction of sp³-hybridized carbons (Fsp3) is 0.500. The van der Waals surface area contributed by atoms with Crippen LogP contribution in [-0.4, -0.2) is 30.2 Å². The lowest BCUT2D eigenvalue weighted by atomic mass is 9.92. The first-order valence-electron chi connectivity index (χ1n) is 6.72. The van der Waals surface area contributed by atoms with Gasteiger partial charge in [0.05, 0.1) is 17.4 Å². The molecule has 1 heterocycles. The van der Waals surface area contributed by atoms with E-state index in [1.165, 1.54) is 6.07 Å². The number of piperidine rings is 1. The van der Waals surface area contributed by atoms with Crippen molar-refractivity contribution in [3.8, 4) is 0 Å². The highest BCUT2D eigenvalue weighted by molar-refractivity contribution is 5.99. The van der Waals surface area contributed by atoms with E-state index in [1.54, 1.807) is 6.92 Å². The Morgan fingerprint density at radius 1 is 1.45 bits per heavy atom. The Labute approximate surface area is 117 Å². The minimum absolute atomic E-state index is 0.0533. The maximum absolute atomic E-state index is 14.0. The molecule has 1 aliphatic rings. The summed E-state index contributed by atoms with van der Waals surface area (Å²) in [5.74, 6) is -0.885.